The second kappa shape index (κ2) is 4.05. The number of H-pyrrole nitrogens is 1. The van der Waals surface area contributed by atoms with E-state index in [2.05, 4.69) is 21.8 Å². The van der Waals surface area contributed by atoms with Gasteiger partial charge in [0, 0.05) is 18.0 Å². The van der Waals surface area contributed by atoms with E-state index in [9.17, 15) is 0 Å². The van der Waals surface area contributed by atoms with E-state index in [1.54, 1.807) is 6.33 Å². The Hall–Kier alpha value is -0.940. The van der Waals surface area contributed by atoms with Crippen LogP contribution in [0.1, 0.15) is 17.8 Å². The lowest BCUT2D eigenvalue weighted by Crippen LogP contribution is -1.78. The summed E-state index contributed by atoms with van der Waals surface area (Å²) in [7, 11) is 0. The third-order valence-electron chi connectivity index (χ3n) is 1.26. The van der Waals surface area contributed by atoms with Gasteiger partial charge in [-0.1, -0.05) is 5.92 Å². The lowest BCUT2D eigenvalue weighted by molar-refractivity contribution is 1.25. The summed E-state index contributed by atoms with van der Waals surface area (Å²) in [6.07, 6.45) is 2.36. The Balaban J connectivity index is 2.65. The topological polar surface area (TPSA) is 28.7 Å². The summed E-state index contributed by atoms with van der Waals surface area (Å²) >= 11 is 5.45. The molecule has 58 valence electrons. The molecule has 0 aliphatic rings. The first-order chi connectivity index (χ1) is 5.34. The van der Waals surface area contributed by atoms with Gasteiger partial charge >= 0.3 is 0 Å². The van der Waals surface area contributed by atoms with Gasteiger partial charge in [-0.3, -0.25) is 0 Å². The van der Waals surface area contributed by atoms with Gasteiger partial charge in [-0.05, 0) is 12.8 Å². The molecule has 0 saturated heterocycles. The molecule has 1 aromatic rings. The number of hydrogen-bond acceptors (Lipinski definition) is 1. The van der Waals surface area contributed by atoms with Crippen molar-refractivity contribution < 1.29 is 0 Å². The molecule has 0 unspecified atom stereocenters. The van der Waals surface area contributed by atoms with Gasteiger partial charge in [-0.15, -0.1) is 11.6 Å². The molecule has 2 nitrogen and oxygen atoms in total. The highest BCUT2D eigenvalue weighted by Crippen LogP contribution is 1.96. The van der Waals surface area contributed by atoms with Crippen LogP contribution in [0.15, 0.2) is 6.33 Å². The van der Waals surface area contributed by atoms with E-state index in [0.717, 1.165) is 11.4 Å². The van der Waals surface area contributed by atoms with E-state index in [4.69, 9.17) is 11.6 Å². The maximum Gasteiger partial charge on any atom is 0.133 e. The second-order valence-electron chi connectivity index (χ2n) is 2.12. The van der Waals surface area contributed by atoms with Crippen molar-refractivity contribution in [1.29, 1.82) is 0 Å². The summed E-state index contributed by atoms with van der Waals surface area (Å²) in [4.78, 5) is 6.96. The standard InChI is InChI=1S/C8H9ClN2/c1-7-8(11-6-10-7)4-2-3-5-9/h6H,3,5H2,1H3,(H,10,11). The number of rotatable bonds is 1. The fourth-order valence-corrected chi connectivity index (χ4v) is 0.773. The van der Waals surface area contributed by atoms with E-state index in [1.807, 2.05) is 6.92 Å². The Morgan fingerprint density at radius 2 is 2.55 bits per heavy atom. The van der Waals surface area contributed by atoms with E-state index in [1.165, 1.54) is 0 Å². The first kappa shape index (κ1) is 8.16. The van der Waals surface area contributed by atoms with Crippen LogP contribution in [0.25, 0.3) is 0 Å². The molecule has 0 amide bonds. The van der Waals surface area contributed by atoms with Crippen LogP contribution in [-0.2, 0) is 0 Å². The van der Waals surface area contributed by atoms with Crippen molar-refractivity contribution in [3.05, 3.63) is 17.7 Å². The number of nitrogens with zero attached hydrogens (tertiary/aromatic N) is 1. The highest BCUT2D eigenvalue weighted by molar-refractivity contribution is 6.18. The molecular weight excluding hydrogens is 160 g/mol. The Bertz CT molecular complexity index is 280. The van der Waals surface area contributed by atoms with E-state index >= 15 is 0 Å². The summed E-state index contributed by atoms with van der Waals surface area (Å²) < 4.78 is 0. The predicted molar refractivity (Wildman–Crippen MR) is 45.5 cm³/mol. The fraction of sp³-hybridized carbons (Fsp3) is 0.375. The number of hydrogen-bond donors (Lipinski definition) is 1. The molecule has 1 rings (SSSR count). The van der Waals surface area contributed by atoms with Crippen molar-refractivity contribution in [2.45, 2.75) is 13.3 Å². The lowest BCUT2D eigenvalue weighted by atomic mass is 10.3. The van der Waals surface area contributed by atoms with Gasteiger partial charge in [-0.2, -0.15) is 0 Å². The Kier molecular flexibility index (Phi) is 3.00. The van der Waals surface area contributed by atoms with Crippen LogP contribution in [0.2, 0.25) is 0 Å². The molecule has 0 aromatic carbocycles. The molecule has 1 heterocycles. The van der Waals surface area contributed by atoms with Gasteiger partial charge in [0.15, 0.2) is 0 Å². The van der Waals surface area contributed by atoms with Crippen LogP contribution in [-0.4, -0.2) is 15.8 Å². The number of imidazole rings is 1. The van der Waals surface area contributed by atoms with Crippen LogP contribution < -0.4 is 0 Å². The minimum atomic E-state index is 0.580. The zero-order chi connectivity index (χ0) is 8.10. The first-order valence-electron chi connectivity index (χ1n) is 3.39. The van der Waals surface area contributed by atoms with Crippen LogP contribution >= 0.6 is 11.6 Å². The largest absolute Gasteiger partial charge is 0.348 e. The number of halogens is 1. The van der Waals surface area contributed by atoms with E-state index in [-0.39, 0.29) is 0 Å². The average Bonchev–Trinajstić information content (AvgIpc) is 2.37. The predicted octanol–water partition coefficient (Wildman–Crippen LogP) is 1.70. The van der Waals surface area contributed by atoms with Gasteiger partial charge in [-0.25, -0.2) is 4.98 Å². The molecule has 0 aliphatic heterocycles. The van der Waals surface area contributed by atoms with Gasteiger partial charge in [0.1, 0.15) is 5.69 Å². The highest BCUT2D eigenvalue weighted by Gasteiger charge is 1.92. The number of alkyl halides is 1. The van der Waals surface area contributed by atoms with Gasteiger partial charge in [0.2, 0.25) is 0 Å². The number of aromatic nitrogens is 2. The number of aromatic amines is 1. The van der Waals surface area contributed by atoms with Crippen molar-refractivity contribution in [3.63, 3.8) is 0 Å². The molecule has 0 fully saturated rings. The number of nitrogens with one attached hydrogen (secondary N) is 1. The Labute approximate surface area is 71.0 Å². The number of aryl methyl sites for hydroxylation is 1. The summed E-state index contributed by atoms with van der Waals surface area (Å²) in [6.45, 7) is 1.94. The molecule has 11 heavy (non-hydrogen) atoms. The van der Waals surface area contributed by atoms with Crippen LogP contribution in [0.5, 0.6) is 0 Å². The van der Waals surface area contributed by atoms with E-state index in [0.29, 0.717) is 12.3 Å². The SMILES string of the molecule is Cc1[nH]cnc1C#CCCCl. The fourth-order valence-electron chi connectivity index (χ4n) is 0.678. The zero-order valence-electron chi connectivity index (χ0n) is 6.32. The minimum absolute atomic E-state index is 0.580. The Morgan fingerprint density at radius 1 is 1.73 bits per heavy atom. The monoisotopic (exact) mass is 168 g/mol. The smallest absolute Gasteiger partial charge is 0.133 e. The van der Waals surface area contributed by atoms with Crippen molar-refractivity contribution in [1.82, 2.24) is 9.97 Å². The summed E-state index contributed by atoms with van der Waals surface area (Å²) in [5.74, 6) is 6.41. The molecule has 0 radical (unpaired) electrons. The third kappa shape index (κ3) is 2.28. The molecule has 1 aromatic heterocycles. The lowest BCUT2D eigenvalue weighted by Gasteiger charge is -1.82. The van der Waals surface area contributed by atoms with Crippen molar-refractivity contribution in [3.8, 4) is 11.8 Å². The maximum atomic E-state index is 5.45. The molecule has 0 saturated carbocycles. The van der Waals surface area contributed by atoms with Crippen LogP contribution in [0.3, 0.4) is 0 Å². The summed E-state index contributed by atoms with van der Waals surface area (Å²) in [5, 5.41) is 0. The van der Waals surface area contributed by atoms with Gasteiger partial charge in [0.05, 0.1) is 6.33 Å². The zero-order valence-corrected chi connectivity index (χ0v) is 7.07. The molecular formula is C8H9ClN2. The van der Waals surface area contributed by atoms with Crippen molar-refractivity contribution in [2.24, 2.45) is 0 Å². The van der Waals surface area contributed by atoms with Crippen LogP contribution in [0.4, 0.5) is 0 Å². The molecule has 1 N–H and O–H groups in total. The summed E-state index contributed by atoms with van der Waals surface area (Å²) in [5.41, 5.74) is 1.82. The van der Waals surface area contributed by atoms with E-state index < -0.39 is 0 Å². The van der Waals surface area contributed by atoms with Crippen LogP contribution in [0, 0.1) is 18.8 Å². The van der Waals surface area contributed by atoms with Crippen molar-refractivity contribution in [2.75, 3.05) is 5.88 Å². The van der Waals surface area contributed by atoms with Gasteiger partial charge < -0.3 is 4.98 Å². The quantitative estimate of drug-likeness (QED) is 0.502. The molecule has 0 spiro atoms. The third-order valence-corrected chi connectivity index (χ3v) is 1.45. The van der Waals surface area contributed by atoms with Gasteiger partial charge in [0.25, 0.3) is 0 Å². The molecule has 0 aliphatic carbocycles. The second-order valence-corrected chi connectivity index (χ2v) is 2.49. The molecule has 0 atom stereocenters. The van der Waals surface area contributed by atoms with Crippen molar-refractivity contribution >= 4 is 11.6 Å². The summed E-state index contributed by atoms with van der Waals surface area (Å²) in [6, 6.07) is 0. The molecule has 0 bridgehead atoms. The normalized spacial score (nSPS) is 8.91. The first-order valence-corrected chi connectivity index (χ1v) is 3.93. The maximum absolute atomic E-state index is 5.45. The minimum Gasteiger partial charge on any atom is -0.348 e. The highest BCUT2D eigenvalue weighted by atomic mass is 35.5. The average molecular weight is 169 g/mol. The Morgan fingerprint density at radius 3 is 3.09 bits per heavy atom. The molecule has 3 heteroatoms.